The third kappa shape index (κ3) is 4.78. The zero-order valence-corrected chi connectivity index (χ0v) is 21.0. The third-order valence-electron chi connectivity index (χ3n) is 6.52. The number of carbonyl (C=O) groups excluding carboxylic acids is 1. The average Bonchev–Trinajstić information content (AvgIpc) is 3.51. The second-order valence-corrected chi connectivity index (χ2v) is 9.33. The summed E-state index contributed by atoms with van der Waals surface area (Å²) in [6, 6.07) is 17.7. The molecule has 1 aliphatic rings. The molecule has 0 radical (unpaired) electrons. The van der Waals surface area contributed by atoms with Crippen molar-refractivity contribution in [2.75, 3.05) is 18.8 Å². The molecule has 0 bridgehead atoms. The summed E-state index contributed by atoms with van der Waals surface area (Å²) in [5, 5.41) is 0.784. The van der Waals surface area contributed by atoms with Gasteiger partial charge in [-0.05, 0) is 62.1 Å². The number of benzene rings is 2. The maximum Gasteiger partial charge on any atom is 0.245 e. The van der Waals surface area contributed by atoms with Crippen LogP contribution in [-0.4, -0.2) is 38.4 Å². The molecule has 186 valence electrons. The lowest BCUT2D eigenvalue weighted by atomic mass is 10.0. The van der Waals surface area contributed by atoms with Crippen molar-refractivity contribution < 1.29 is 9.53 Å². The molecule has 4 aromatic rings. The van der Waals surface area contributed by atoms with Crippen LogP contribution in [0.5, 0.6) is 11.5 Å². The van der Waals surface area contributed by atoms with E-state index < -0.39 is 0 Å². The molecule has 3 heterocycles. The number of likely N-dealkylation sites (tertiary alicyclic amines) is 1. The molecule has 1 atom stereocenters. The van der Waals surface area contributed by atoms with Crippen LogP contribution in [0.1, 0.15) is 32.0 Å². The van der Waals surface area contributed by atoms with Crippen molar-refractivity contribution in [2.24, 2.45) is 5.92 Å². The number of aromatic nitrogens is 3. The van der Waals surface area contributed by atoms with Gasteiger partial charge in [-0.2, -0.15) is 0 Å². The Bertz CT molecular complexity index is 1510. The van der Waals surface area contributed by atoms with E-state index in [0.717, 1.165) is 45.8 Å². The smallest absolute Gasteiger partial charge is 0.245 e. The molecule has 2 aromatic heterocycles. The fourth-order valence-electron chi connectivity index (χ4n) is 4.76. The first-order valence-electron chi connectivity index (χ1n) is 12.4. The number of rotatable bonds is 5. The summed E-state index contributed by atoms with van der Waals surface area (Å²) in [5.41, 5.74) is 9.84. The minimum absolute atomic E-state index is 0.0536. The van der Waals surface area contributed by atoms with Gasteiger partial charge in [0.2, 0.25) is 5.91 Å². The van der Waals surface area contributed by atoms with Crippen LogP contribution in [-0.2, 0) is 4.79 Å². The lowest BCUT2D eigenvalue weighted by Gasteiger charge is -2.12. The molecule has 7 nitrogen and oxygen atoms in total. The zero-order valence-electron chi connectivity index (χ0n) is 21.0. The Hall–Kier alpha value is -4.57. The number of hydrogen-bond acceptors (Lipinski definition) is 5. The van der Waals surface area contributed by atoms with Gasteiger partial charge in [0.05, 0.1) is 5.39 Å². The average molecular weight is 492 g/mol. The second-order valence-electron chi connectivity index (χ2n) is 9.33. The summed E-state index contributed by atoms with van der Waals surface area (Å²) in [4.78, 5) is 22.7. The monoisotopic (exact) mass is 491 g/mol. The Morgan fingerprint density at radius 2 is 1.86 bits per heavy atom. The first-order valence-corrected chi connectivity index (χ1v) is 12.4. The number of anilines is 1. The molecule has 1 fully saturated rings. The van der Waals surface area contributed by atoms with E-state index in [2.05, 4.69) is 46.8 Å². The van der Waals surface area contributed by atoms with Crippen molar-refractivity contribution in [3.8, 4) is 34.5 Å². The highest BCUT2D eigenvalue weighted by molar-refractivity contribution is 6.03. The van der Waals surface area contributed by atoms with Crippen LogP contribution < -0.4 is 10.5 Å². The molecule has 2 N–H and O–H groups in total. The van der Waals surface area contributed by atoms with Crippen molar-refractivity contribution >= 4 is 22.8 Å². The fourth-order valence-corrected chi connectivity index (χ4v) is 4.76. The summed E-state index contributed by atoms with van der Waals surface area (Å²) in [7, 11) is 0. The van der Waals surface area contributed by atoms with Crippen LogP contribution in [0.25, 0.3) is 22.2 Å². The highest BCUT2D eigenvalue weighted by Crippen LogP contribution is 2.39. The maximum atomic E-state index is 12.0. The van der Waals surface area contributed by atoms with E-state index in [0.29, 0.717) is 18.9 Å². The van der Waals surface area contributed by atoms with Gasteiger partial charge in [0.15, 0.2) is 0 Å². The van der Waals surface area contributed by atoms with Gasteiger partial charge in [-0.25, -0.2) is 9.97 Å². The Morgan fingerprint density at radius 3 is 2.57 bits per heavy atom. The number of carbonyl (C=O) groups is 1. The van der Waals surface area contributed by atoms with Gasteiger partial charge in [-0.15, -0.1) is 0 Å². The SMILES string of the molecule is C=CC(=O)N1CCC(C#Cc2c(-c3ccc(Oc4ccccc4)cc3)c3c(N)ncnc3n2C(C)C)C1. The molecule has 1 unspecified atom stereocenters. The van der Waals surface area contributed by atoms with Crippen molar-refractivity contribution in [1.82, 2.24) is 19.4 Å². The summed E-state index contributed by atoms with van der Waals surface area (Å²) >= 11 is 0. The van der Waals surface area contributed by atoms with Crippen molar-refractivity contribution in [1.29, 1.82) is 0 Å². The minimum Gasteiger partial charge on any atom is -0.457 e. The number of nitrogens with two attached hydrogens (primary N) is 1. The molecule has 0 spiro atoms. The highest BCUT2D eigenvalue weighted by atomic mass is 16.5. The quantitative estimate of drug-likeness (QED) is 0.297. The van der Waals surface area contributed by atoms with E-state index in [1.54, 1.807) is 4.90 Å². The number of ether oxygens (including phenoxy) is 1. The summed E-state index contributed by atoms with van der Waals surface area (Å²) < 4.78 is 8.10. The standard InChI is InChI=1S/C30H29N5O2/c1-4-26(36)34-17-16-21(18-34)10-15-25-27(28-29(31)32-19-33-30(28)35(25)20(2)3)22-11-13-24(14-12-22)37-23-8-6-5-7-9-23/h4-9,11-14,19-21H,1,16-18H2,2-3H3,(H2,31,32,33). The number of para-hydroxylation sites is 1. The van der Waals surface area contributed by atoms with Crippen molar-refractivity contribution in [3.63, 3.8) is 0 Å². The van der Waals surface area contributed by atoms with Crippen molar-refractivity contribution in [3.05, 3.63) is 79.3 Å². The fraction of sp³-hybridized carbons (Fsp3) is 0.233. The number of nitrogen functional groups attached to an aromatic ring is 1. The second kappa shape index (κ2) is 10.2. The van der Waals surface area contributed by atoms with Crippen molar-refractivity contribution in [2.45, 2.75) is 26.3 Å². The predicted molar refractivity (Wildman–Crippen MR) is 146 cm³/mol. The third-order valence-corrected chi connectivity index (χ3v) is 6.52. The molecular weight excluding hydrogens is 462 g/mol. The lowest BCUT2D eigenvalue weighted by Crippen LogP contribution is -2.26. The summed E-state index contributed by atoms with van der Waals surface area (Å²) in [6.07, 6.45) is 3.68. The topological polar surface area (TPSA) is 86.3 Å². The normalized spacial score (nSPS) is 15.0. The van der Waals surface area contributed by atoms with Gasteiger partial charge in [-0.3, -0.25) is 4.79 Å². The Morgan fingerprint density at radius 1 is 1.14 bits per heavy atom. The lowest BCUT2D eigenvalue weighted by molar-refractivity contribution is -0.125. The zero-order chi connectivity index (χ0) is 25.9. The number of nitrogens with zero attached hydrogens (tertiary/aromatic N) is 4. The van der Waals surface area contributed by atoms with Crippen LogP contribution in [0.2, 0.25) is 0 Å². The molecule has 1 saturated heterocycles. The number of amides is 1. The Kier molecular flexibility index (Phi) is 6.65. The molecule has 0 saturated carbocycles. The largest absolute Gasteiger partial charge is 0.457 e. The molecule has 0 aliphatic carbocycles. The highest BCUT2D eigenvalue weighted by Gasteiger charge is 2.25. The van der Waals surface area contributed by atoms with E-state index in [1.807, 2.05) is 54.6 Å². The first kappa shape index (κ1) is 24.1. The van der Waals surface area contributed by atoms with Gasteiger partial charge in [0, 0.05) is 30.6 Å². The van der Waals surface area contributed by atoms with E-state index in [-0.39, 0.29) is 17.9 Å². The number of hydrogen-bond donors (Lipinski definition) is 1. The van der Waals surface area contributed by atoms with E-state index in [9.17, 15) is 4.79 Å². The van der Waals surface area contributed by atoms with Crippen LogP contribution in [0, 0.1) is 17.8 Å². The van der Waals surface area contributed by atoms with E-state index in [4.69, 9.17) is 10.5 Å². The molecule has 1 aliphatic heterocycles. The van der Waals surface area contributed by atoms with Gasteiger partial charge < -0.3 is 19.9 Å². The van der Waals surface area contributed by atoms with E-state index in [1.165, 1.54) is 12.4 Å². The summed E-state index contributed by atoms with van der Waals surface area (Å²) in [6.45, 7) is 9.09. The molecule has 5 rings (SSSR count). The van der Waals surface area contributed by atoms with Gasteiger partial charge in [-0.1, -0.05) is 42.8 Å². The maximum absolute atomic E-state index is 12.0. The van der Waals surface area contributed by atoms with Crippen LogP contribution in [0.15, 0.2) is 73.6 Å². The van der Waals surface area contributed by atoms with Gasteiger partial charge >= 0.3 is 0 Å². The molecule has 2 aromatic carbocycles. The number of fused-ring (bicyclic) bond motifs is 1. The van der Waals surface area contributed by atoms with Gasteiger partial charge in [0.1, 0.15) is 35.0 Å². The van der Waals surface area contributed by atoms with Crippen LogP contribution in [0.3, 0.4) is 0 Å². The van der Waals surface area contributed by atoms with Crippen LogP contribution in [0.4, 0.5) is 5.82 Å². The molecule has 7 heteroatoms. The molecular formula is C30H29N5O2. The minimum atomic E-state index is -0.0536. The first-order chi connectivity index (χ1) is 18.0. The summed E-state index contributed by atoms with van der Waals surface area (Å²) in [5.74, 6) is 8.82. The Balaban J connectivity index is 1.58. The predicted octanol–water partition coefficient (Wildman–Crippen LogP) is 5.44. The van der Waals surface area contributed by atoms with E-state index >= 15 is 0 Å². The van der Waals surface area contributed by atoms with Crippen LogP contribution >= 0.6 is 0 Å². The Labute approximate surface area is 216 Å². The van der Waals surface area contributed by atoms with Gasteiger partial charge in [0.25, 0.3) is 0 Å². The molecule has 1 amide bonds. The molecule has 37 heavy (non-hydrogen) atoms.